The zero-order valence-corrected chi connectivity index (χ0v) is 22.2. The second-order valence-electron chi connectivity index (χ2n) is 9.29. The smallest absolute Gasteiger partial charge is 0.220 e. The number of unbranched alkanes of at least 4 members (excludes halogenated alkanes) is 1. The van der Waals surface area contributed by atoms with Gasteiger partial charge in [0.1, 0.15) is 5.82 Å². The van der Waals surface area contributed by atoms with E-state index >= 15 is 0 Å². The zero-order valence-electron chi connectivity index (χ0n) is 22.2. The number of allylic oxidation sites excluding steroid dienone is 1. The summed E-state index contributed by atoms with van der Waals surface area (Å²) < 4.78 is 13.8. The number of rotatable bonds is 15. The van der Waals surface area contributed by atoms with Gasteiger partial charge < -0.3 is 19.4 Å². The molecule has 0 aliphatic heterocycles. The highest BCUT2D eigenvalue weighted by Crippen LogP contribution is 2.28. The number of methoxy groups -OCH3 is 1. The van der Waals surface area contributed by atoms with Crippen LogP contribution in [0.25, 0.3) is 11.0 Å². The van der Waals surface area contributed by atoms with E-state index in [2.05, 4.69) is 34.7 Å². The lowest BCUT2D eigenvalue weighted by molar-refractivity contribution is -0.121. The van der Waals surface area contributed by atoms with Crippen LogP contribution in [0.1, 0.15) is 36.2 Å². The van der Waals surface area contributed by atoms with Crippen molar-refractivity contribution in [2.45, 2.75) is 45.1 Å². The van der Waals surface area contributed by atoms with Gasteiger partial charge in [0.2, 0.25) is 5.91 Å². The number of aromatic nitrogens is 2. The third-order valence-corrected chi connectivity index (χ3v) is 6.53. The number of imidazole rings is 1. The van der Waals surface area contributed by atoms with E-state index in [0.29, 0.717) is 26.0 Å². The Labute approximate surface area is 225 Å². The Hall–Kier alpha value is -4.06. The number of nitrogens with zero attached hydrogens (tertiary/aromatic N) is 2. The van der Waals surface area contributed by atoms with Crippen LogP contribution in [0.3, 0.4) is 0 Å². The second kappa shape index (κ2) is 14.0. The summed E-state index contributed by atoms with van der Waals surface area (Å²) in [6.07, 6.45) is 6.46. The maximum Gasteiger partial charge on any atom is 0.220 e. The highest BCUT2D eigenvalue weighted by Gasteiger charge is 2.11. The van der Waals surface area contributed by atoms with Gasteiger partial charge in [0, 0.05) is 25.9 Å². The summed E-state index contributed by atoms with van der Waals surface area (Å²) in [5.41, 5.74) is 4.43. The zero-order chi connectivity index (χ0) is 26.6. The molecule has 1 amide bonds. The molecule has 0 aliphatic carbocycles. The first-order valence-electron chi connectivity index (χ1n) is 13.3. The van der Waals surface area contributed by atoms with Crippen molar-refractivity contribution >= 4 is 16.9 Å². The van der Waals surface area contributed by atoms with E-state index in [1.807, 2.05) is 60.7 Å². The van der Waals surface area contributed by atoms with E-state index in [0.717, 1.165) is 66.1 Å². The Bertz CT molecular complexity index is 1330. The number of ether oxygens (including phenoxy) is 2. The van der Waals surface area contributed by atoms with Gasteiger partial charge in [-0.05, 0) is 61.1 Å². The van der Waals surface area contributed by atoms with Gasteiger partial charge in [-0.1, -0.05) is 54.6 Å². The van der Waals surface area contributed by atoms with E-state index in [1.165, 1.54) is 5.56 Å². The van der Waals surface area contributed by atoms with Crippen LogP contribution in [-0.2, 0) is 30.6 Å². The molecule has 1 aromatic heterocycles. The van der Waals surface area contributed by atoms with Gasteiger partial charge in [0.15, 0.2) is 11.5 Å². The second-order valence-corrected chi connectivity index (χ2v) is 9.29. The Balaban J connectivity index is 1.27. The van der Waals surface area contributed by atoms with Gasteiger partial charge in [-0.2, -0.15) is 0 Å². The highest BCUT2D eigenvalue weighted by atomic mass is 16.5. The minimum atomic E-state index is 0.0709. The molecule has 38 heavy (non-hydrogen) atoms. The average molecular weight is 512 g/mol. The summed E-state index contributed by atoms with van der Waals surface area (Å²) in [5.74, 6) is 2.58. The number of hydrogen-bond acceptors (Lipinski definition) is 4. The molecular formula is C32H37N3O3. The molecule has 1 N–H and O–H groups in total. The maximum atomic E-state index is 12.4. The van der Waals surface area contributed by atoms with Crippen molar-refractivity contribution in [3.63, 3.8) is 0 Å². The fourth-order valence-corrected chi connectivity index (χ4v) is 4.55. The summed E-state index contributed by atoms with van der Waals surface area (Å²) >= 11 is 0. The summed E-state index contributed by atoms with van der Waals surface area (Å²) in [6.45, 7) is 5.82. The molecule has 0 spiro atoms. The first-order valence-corrected chi connectivity index (χ1v) is 13.3. The molecule has 0 atom stereocenters. The maximum absolute atomic E-state index is 12.4. The topological polar surface area (TPSA) is 65.4 Å². The van der Waals surface area contributed by atoms with Gasteiger partial charge in [-0.15, -0.1) is 6.58 Å². The number of carbonyl (C=O) groups is 1. The minimum Gasteiger partial charge on any atom is -0.493 e. The van der Waals surface area contributed by atoms with Gasteiger partial charge in [-0.3, -0.25) is 4.79 Å². The van der Waals surface area contributed by atoms with Crippen LogP contribution in [0, 0.1) is 0 Å². The molecule has 0 bridgehead atoms. The highest BCUT2D eigenvalue weighted by molar-refractivity contribution is 5.77. The Morgan fingerprint density at radius 3 is 2.61 bits per heavy atom. The van der Waals surface area contributed by atoms with Crippen molar-refractivity contribution in [3.05, 3.63) is 102 Å². The van der Waals surface area contributed by atoms with Gasteiger partial charge >= 0.3 is 0 Å². The summed E-state index contributed by atoms with van der Waals surface area (Å²) in [4.78, 5) is 17.2. The molecule has 198 valence electrons. The van der Waals surface area contributed by atoms with Crippen molar-refractivity contribution in [2.24, 2.45) is 0 Å². The predicted octanol–water partition coefficient (Wildman–Crippen LogP) is 5.92. The fraction of sp³-hybridized carbons (Fsp3) is 0.312. The molecule has 0 unspecified atom stereocenters. The lowest BCUT2D eigenvalue weighted by atomic mass is 10.1. The lowest BCUT2D eigenvalue weighted by Gasteiger charge is -2.13. The molecule has 0 aliphatic rings. The molecule has 0 saturated carbocycles. The third kappa shape index (κ3) is 7.48. The quantitative estimate of drug-likeness (QED) is 0.159. The summed E-state index contributed by atoms with van der Waals surface area (Å²) in [5, 5.41) is 3.06. The predicted molar refractivity (Wildman–Crippen MR) is 153 cm³/mol. The van der Waals surface area contributed by atoms with E-state index in [1.54, 1.807) is 7.11 Å². The number of fused-ring (bicyclic) bond motifs is 1. The van der Waals surface area contributed by atoms with Crippen LogP contribution < -0.4 is 14.8 Å². The Morgan fingerprint density at radius 2 is 1.79 bits per heavy atom. The average Bonchev–Trinajstić information content (AvgIpc) is 3.30. The SMILES string of the molecule is C=CCc1ccc(OCCCCn2c(CCNC(=O)CCc3ccccc3)nc3ccccc32)c(OC)c1. The molecule has 1 heterocycles. The van der Waals surface area contributed by atoms with Crippen molar-refractivity contribution < 1.29 is 14.3 Å². The Kier molecular flexibility index (Phi) is 9.96. The molecule has 3 aromatic carbocycles. The van der Waals surface area contributed by atoms with Crippen LogP contribution in [0.15, 0.2) is 85.5 Å². The molecular weight excluding hydrogens is 474 g/mol. The van der Waals surface area contributed by atoms with Crippen LogP contribution in [0.2, 0.25) is 0 Å². The number of para-hydroxylation sites is 2. The number of amides is 1. The monoisotopic (exact) mass is 511 g/mol. The summed E-state index contributed by atoms with van der Waals surface area (Å²) in [6, 6.07) is 24.3. The molecule has 6 heteroatoms. The van der Waals surface area contributed by atoms with Crippen LogP contribution >= 0.6 is 0 Å². The Morgan fingerprint density at radius 1 is 0.974 bits per heavy atom. The minimum absolute atomic E-state index is 0.0709. The van der Waals surface area contributed by atoms with E-state index < -0.39 is 0 Å². The molecule has 6 nitrogen and oxygen atoms in total. The lowest BCUT2D eigenvalue weighted by Crippen LogP contribution is -2.26. The van der Waals surface area contributed by atoms with Gasteiger partial charge in [0.05, 0.1) is 24.8 Å². The number of nitrogens with one attached hydrogen (secondary N) is 1. The van der Waals surface area contributed by atoms with Gasteiger partial charge in [0.25, 0.3) is 0 Å². The molecule has 4 aromatic rings. The van der Waals surface area contributed by atoms with Crippen molar-refractivity contribution in [2.75, 3.05) is 20.3 Å². The molecule has 0 fully saturated rings. The number of benzene rings is 3. The number of aryl methyl sites for hydroxylation is 2. The van der Waals surface area contributed by atoms with E-state index in [4.69, 9.17) is 14.5 Å². The van der Waals surface area contributed by atoms with Crippen molar-refractivity contribution in [1.29, 1.82) is 0 Å². The van der Waals surface area contributed by atoms with Crippen LogP contribution in [0.5, 0.6) is 11.5 Å². The normalized spacial score (nSPS) is 10.9. The number of carbonyl (C=O) groups excluding carboxylic acids is 1. The van der Waals surface area contributed by atoms with Gasteiger partial charge in [-0.25, -0.2) is 4.98 Å². The van der Waals surface area contributed by atoms with Crippen LogP contribution in [0.4, 0.5) is 0 Å². The van der Waals surface area contributed by atoms with Crippen LogP contribution in [-0.4, -0.2) is 35.7 Å². The molecule has 0 radical (unpaired) electrons. The van der Waals surface area contributed by atoms with Crippen molar-refractivity contribution in [3.8, 4) is 11.5 Å². The third-order valence-electron chi connectivity index (χ3n) is 6.53. The summed E-state index contributed by atoms with van der Waals surface area (Å²) in [7, 11) is 1.66. The number of hydrogen-bond donors (Lipinski definition) is 1. The molecule has 0 saturated heterocycles. The van der Waals surface area contributed by atoms with E-state index in [9.17, 15) is 4.79 Å². The molecule has 4 rings (SSSR count). The van der Waals surface area contributed by atoms with Crippen molar-refractivity contribution in [1.82, 2.24) is 14.9 Å². The first-order chi connectivity index (χ1) is 18.7. The largest absolute Gasteiger partial charge is 0.493 e. The van der Waals surface area contributed by atoms with E-state index in [-0.39, 0.29) is 5.91 Å². The first kappa shape index (κ1) is 27.0. The fourth-order valence-electron chi connectivity index (χ4n) is 4.55. The standard InChI is InChI=1S/C32H37N3O3/c1-3-11-26-16-18-29(30(24-26)37-2)38-23-10-9-22-35-28-15-8-7-14-27(28)34-31(35)20-21-33-32(36)19-17-25-12-5-4-6-13-25/h3-8,12-16,18,24H,1,9-11,17,19-23H2,2H3,(H,33,36).